The molecule has 1 N–H and O–H groups in total. The first-order valence-electron chi connectivity index (χ1n) is 10.0. The van der Waals surface area contributed by atoms with E-state index in [9.17, 15) is 9.59 Å². The first kappa shape index (κ1) is 21.1. The lowest BCUT2D eigenvalue weighted by Crippen LogP contribution is -2.15. The van der Waals surface area contributed by atoms with Crippen molar-refractivity contribution in [2.45, 2.75) is 13.8 Å². The van der Waals surface area contributed by atoms with E-state index >= 15 is 0 Å². The number of benzene rings is 1. The smallest absolute Gasteiger partial charge is 0.344 e. The van der Waals surface area contributed by atoms with Gasteiger partial charge in [0.2, 0.25) is 0 Å². The molecule has 9 heteroatoms. The van der Waals surface area contributed by atoms with E-state index in [1.165, 1.54) is 0 Å². The third kappa shape index (κ3) is 4.31. The van der Waals surface area contributed by atoms with E-state index in [2.05, 4.69) is 15.4 Å². The number of carbonyl (C=O) groups excluding carboxylic acids is 2. The normalized spacial score (nSPS) is 10.8. The Morgan fingerprint density at radius 1 is 1.19 bits per heavy atom. The van der Waals surface area contributed by atoms with Gasteiger partial charge >= 0.3 is 5.97 Å². The molecule has 0 radical (unpaired) electrons. The fourth-order valence-corrected chi connectivity index (χ4v) is 3.38. The van der Waals surface area contributed by atoms with Crippen molar-refractivity contribution in [3.8, 4) is 17.2 Å². The average molecular weight is 434 g/mol. The van der Waals surface area contributed by atoms with Crippen molar-refractivity contribution in [1.29, 1.82) is 0 Å². The molecule has 9 nitrogen and oxygen atoms in total. The maximum Gasteiger partial charge on any atom is 0.344 e. The van der Waals surface area contributed by atoms with E-state index in [1.54, 1.807) is 67.4 Å². The third-order valence-corrected chi connectivity index (χ3v) is 4.74. The number of esters is 1. The van der Waals surface area contributed by atoms with Gasteiger partial charge in [0.25, 0.3) is 5.91 Å². The predicted molar refractivity (Wildman–Crippen MR) is 117 cm³/mol. The van der Waals surface area contributed by atoms with Crippen LogP contribution in [0.1, 0.15) is 23.0 Å². The number of anilines is 1. The first-order chi connectivity index (χ1) is 15.5. The molecule has 4 rings (SSSR count). The van der Waals surface area contributed by atoms with Crippen LogP contribution in [-0.4, -0.2) is 39.9 Å². The Morgan fingerprint density at radius 3 is 2.78 bits per heavy atom. The number of hydrogen-bond acceptors (Lipinski definition) is 7. The van der Waals surface area contributed by atoms with E-state index in [1.807, 2.05) is 6.92 Å². The quantitative estimate of drug-likeness (QED) is 0.442. The number of pyridine rings is 1. The number of furan rings is 1. The molecule has 0 fully saturated rings. The second-order valence-electron chi connectivity index (χ2n) is 7.02. The van der Waals surface area contributed by atoms with Crippen molar-refractivity contribution < 1.29 is 23.5 Å². The second-order valence-corrected chi connectivity index (χ2v) is 7.02. The minimum Gasteiger partial charge on any atom is -0.482 e. The molecule has 0 aliphatic heterocycles. The molecule has 0 spiro atoms. The molecular weight excluding hydrogens is 412 g/mol. The lowest BCUT2D eigenvalue weighted by molar-refractivity contribution is -0.145. The van der Waals surface area contributed by atoms with Crippen molar-refractivity contribution in [3.05, 3.63) is 60.0 Å². The molecule has 3 heterocycles. The number of ether oxygens (including phenoxy) is 2. The summed E-state index contributed by atoms with van der Waals surface area (Å²) < 4.78 is 17.4. The van der Waals surface area contributed by atoms with E-state index < -0.39 is 5.97 Å². The predicted octanol–water partition coefficient (Wildman–Crippen LogP) is 3.73. The summed E-state index contributed by atoms with van der Waals surface area (Å²) in [6, 6.07) is 12.0. The zero-order chi connectivity index (χ0) is 22.7. The van der Waals surface area contributed by atoms with E-state index in [-0.39, 0.29) is 19.1 Å². The molecular formula is C23H22N4O5. The molecule has 1 amide bonds. The molecule has 0 aliphatic rings. The SMILES string of the molecule is CCOC(=O)COc1cccc(NC(=O)c2cc(-c3ccco3)nc3c2c(C)nn3C)c1. The van der Waals surface area contributed by atoms with Crippen LogP contribution < -0.4 is 10.1 Å². The maximum atomic E-state index is 13.3. The summed E-state index contributed by atoms with van der Waals surface area (Å²) in [5.41, 5.74) is 2.74. The van der Waals surface area contributed by atoms with Gasteiger partial charge in [-0.15, -0.1) is 0 Å². The number of nitrogens with zero attached hydrogens (tertiary/aromatic N) is 3. The van der Waals surface area contributed by atoms with Crippen LogP contribution in [0.15, 0.2) is 53.1 Å². The molecule has 0 atom stereocenters. The van der Waals surface area contributed by atoms with Crippen molar-refractivity contribution in [2.24, 2.45) is 7.05 Å². The van der Waals surface area contributed by atoms with Crippen LogP contribution in [-0.2, 0) is 16.6 Å². The fraction of sp³-hybridized carbons (Fsp3) is 0.217. The number of rotatable bonds is 7. The molecule has 32 heavy (non-hydrogen) atoms. The molecule has 0 unspecified atom stereocenters. The Bertz CT molecular complexity index is 1280. The highest BCUT2D eigenvalue weighted by atomic mass is 16.6. The molecule has 1 aromatic carbocycles. The number of aromatic nitrogens is 3. The summed E-state index contributed by atoms with van der Waals surface area (Å²) >= 11 is 0. The molecule has 0 saturated heterocycles. The Hall–Kier alpha value is -4.14. The van der Waals surface area contributed by atoms with Gasteiger partial charge in [-0.25, -0.2) is 9.78 Å². The van der Waals surface area contributed by atoms with Crippen molar-refractivity contribution >= 4 is 28.6 Å². The van der Waals surface area contributed by atoms with Gasteiger partial charge in [0.1, 0.15) is 11.4 Å². The monoisotopic (exact) mass is 434 g/mol. The number of nitrogens with one attached hydrogen (secondary N) is 1. The van der Waals surface area contributed by atoms with Gasteiger partial charge in [-0.3, -0.25) is 9.48 Å². The van der Waals surface area contributed by atoms with Crippen LogP contribution in [0.4, 0.5) is 5.69 Å². The van der Waals surface area contributed by atoms with Crippen LogP contribution >= 0.6 is 0 Å². The molecule has 164 valence electrons. The number of hydrogen-bond donors (Lipinski definition) is 1. The lowest BCUT2D eigenvalue weighted by atomic mass is 10.1. The molecule has 0 bridgehead atoms. The van der Waals surface area contributed by atoms with Crippen LogP contribution in [0.25, 0.3) is 22.5 Å². The maximum absolute atomic E-state index is 13.3. The van der Waals surface area contributed by atoms with Crippen molar-refractivity contribution in [3.63, 3.8) is 0 Å². The topological polar surface area (TPSA) is 108 Å². The molecule has 3 aromatic heterocycles. The summed E-state index contributed by atoms with van der Waals surface area (Å²) in [6.07, 6.45) is 1.55. The molecule has 0 aliphatic carbocycles. The second kappa shape index (κ2) is 8.93. The van der Waals surface area contributed by atoms with Crippen molar-refractivity contribution in [1.82, 2.24) is 14.8 Å². The van der Waals surface area contributed by atoms with Crippen LogP contribution in [0, 0.1) is 6.92 Å². The van der Waals surface area contributed by atoms with Crippen LogP contribution in [0.3, 0.4) is 0 Å². The largest absolute Gasteiger partial charge is 0.482 e. The Morgan fingerprint density at radius 2 is 2.03 bits per heavy atom. The number of aryl methyl sites for hydroxylation is 2. The summed E-state index contributed by atoms with van der Waals surface area (Å²) in [6.45, 7) is 3.63. The Balaban J connectivity index is 1.63. The highest BCUT2D eigenvalue weighted by Crippen LogP contribution is 2.28. The lowest BCUT2D eigenvalue weighted by Gasteiger charge is -2.10. The minimum atomic E-state index is -0.460. The molecule has 0 saturated carbocycles. The van der Waals surface area contributed by atoms with Gasteiger partial charge in [-0.2, -0.15) is 5.10 Å². The van der Waals surface area contributed by atoms with Gasteiger partial charge in [0.15, 0.2) is 18.0 Å². The third-order valence-electron chi connectivity index (χ3n) is 4.74. The number of carbonyl (C=O) groups is 2. The van der Waals surface area contributed by atoms with Gasteiger partial charge in [-0.1, -0.05) is 6.07 Å². The highest BCUT2D eigenvalue weighted by Gasteiger charge is 2.20. The van der Waals surface area contributed by atoms with Gasteiger partial charge < -0.3 is 19.2 Å². The summed E-state index contributed by atoms with van der Waals surface area (Å²) in [5, 5.41) is 7.96. The van der Waals surface area contributed by atoms with E-state index in [0.29, 0.717) is 45.2 Å². The summed E-state index contributed by atoms with van der Waals surface area (Å²) in [4.78, 5) is 29.4. The average Bonchev–Trinajstić information content (AvgIpc) is 3.41. The fourth-order valence-electron chi connectivity index (χ4n) is 3.38. The zero-order valence-corrected chi connectivity index (χ0v) is 17.9. The van der Waals surface area contributed by atoms with Gasteiger partial charge in [-0.05, 0) is 44.2 Å². The van der Waals surface area contributed by atoms with E-state index in [4.69, 9.17) is 13.9 Å². The standard InChI is InChI=1S/C23H22N4O5/c1-4-30-20(28)13-32-16-8-5-7-15(11-16)24-23(29)17-12-18(19-9-6-10-31-19)25-22-21(17)14(2)26-27(22)3/h5-12H,4,13H2,1-3H3,(H,24,29). The summed E-state index contributed by atoms with van der Waals surface area (Å²) in [7, 11) is 1.78. The Kier molecular flexibility index (Phi) is 5.89. The van der Waals surface area contributed by atoms with E-state index in [0.717, 1.165) is 0 Å². The van der Waals surface area contributed by atoms with Crippen LogP contribution in [0.2, 0.25) is 0 Å². The highest BCUT2D eigenvalue weighted by molar-refractivity contribution is 6.13. The van der Waals surface area contributed by atoms with Crippen LogP contribution in [0.5, 0.6) is 5.75 Å². The number of fused-ring (bicyclic) bond motifs is 1. The van der Waals surface area contributed by atoms with Gasteiger partial charge in [0.05, 0.1) is 29.5 Å². The Labute approximate surface area is 184 Å². The first-order valence-corrected chi connectivity index (χ1v) is 10.0. The molecule has 4 aromatic rings. The zero-order valence-electron chi connectivity index (χ0n) is 17.9. The number of amides is 1. The van der Waals surface area contributed by atoms with Crippen molar-refractivity contribution in [2.75, 3.05) is 18.5 Å². The summed E-state index contributed by atoms with van der Waals surface area (Å²) in [5.74, 6) is 0.196. The minimum absolute atomic E-state index is 0.211. The van der Waals surface area contributed by atoms with Gasteiger partial charge in [0, 0.05) is 18.8 Å².